The highest BCUT2D eigenvalue weighted by atomic mass is 16.5. The fourth-order valence-electron chi connectivity index (χ4n) is 1.34. The van der Waals surface area contributed by atoms with Crippen LogP contribution in [0.15, 0.2) is 24.3 Å². The van der Waals surface area contributed by atoms with Crippen LogP contribution < -0.4 is 10.5 Å². The minimum Gasteiger partial charge on any atom is -0.493 e. The van der Waals surface area contributed by atoms with E-state index in [2.05, 4.69) is 0 Å². The van der Waals surface area contributed by atoms with E-state index in [4.69, 9.17) is 10.5 Å². The van der Waals surface area contributed by atoms with Crippen molar-refractivity contribution in [2.45, 2.75) is 12.5 Å². The number of hydrogen-bond acceptors (Lipinski definition) is 1. The zero-order chi connectivity index (χ0) is 7.68. The van der Waals surface area contributed by atoms with Crippen molar-refractivity contribution >= 4 is 0 Å². The van der Waals surface area contributed by atoms with Gasteiger partial charge in [0.1, 0.15) is 5.75 Å². The van der Waals surface area contributed by atoms with E-state index in [1.165, 1.54) is 0 Å². The summed E-state index contributed by atoms with van der Waals surface area (Å²) in [4.78, 5) is 0. The Morgan fingerprint density at radius 3 is 3.00 bits per heavy atom. The number of ether oxygens (including phenoxy) is 1. The Morgan fingerprint density at radius 1 is 1.36 bits per heavy atom. The van der Waals surface area contributed by atoms with Crippen molar-refractivity contribution < 1.29 is 4.74 Å². The molecule has 2 nitrogen and oxygen atoms in total. The fraction of sp³-hybridized carbons (Fsp3) is 0.333. The van der Waals surface area contributed by atoms with E-state index in [1.807, 2.05) is 24.3 Å². The molecule has 0 unspecified atom stereocenters. The zero-order valence-electron chi connectivity index (χ0n) is 6.21. The lowest BCUT2D eigenvalue weighted by molar-refractivity contribution is 0.267. The van der Waals surface area contributed by atoms with Gasteiger partial charge in [0.05, 0.1) is 12.6 Å². The number of rotatable bonds is 0. The Kier molecular flexibility index (Phi) is 1.55. The molecule has 1 radical (unpaired) electrons. The topological polar surface area (TPSA) is 33.0 Å². The van der Waals surface area contributed by atoms with Crippen LogP contribution in [0.5, 0.6) is 5.75 Å². The molecule has 0 aliphatic carbocycles. The van der Waals surface area contributed by atoms with E-state index in [0.717, 1.165) is 17.7 Å². The molecule has 0 aromatic heterocycles. The fourth-order valence-corrected chi connectivity index (χ4v) is 1.34. The monoisotopic (exact) mass is 148 g/mol. The third-order valence-corrected chi connectivity index (χ3v) is 1.96. The average Bonchev–Trinajstić information content (AvgIpc) is 2.06. The number of para-hydroxylation sites is 1. The summed E-state index contributed by atoms with van der Waals surface area (Å²) >= 11 is 0. The molecule has 1 aliphatic rings. The highest BCUT2D eigenvalue weighted by Gasteiger charge is 2.16. The molecular weight excluding hydrogens is 138 g/mol. The highest BCUT2D eigenvalue weighted by molar-refractivity contribution is 5.36. The molecule has 2 heteroatoms. The van der Waals surface area contributed by atoms with Crippen molar-refractivity contribution in [3.63, 3.8) is 0 Å². The first-order valence-corrected chi connectivity index (χ1v) is 3.81. The number of fused-ring (bicyclic) bond motifs is 1. The molecule has 0 fully saturated rings. The molecule has 0 bridgehead atoms. The van der Waals surface area contributed by atoms with Crippen molar-refractivity contribution in [2.24, 2.45) is 0 Å². The van der Waals surface area contributed by atoms with Gasteiger partial charge in [0.2, 0.25) is 0 Å². The van der Waals surface area contributed by atoms with E-state index in [-0.39, 0.29) is 6.04 Å². The van der Waals surface area contributed by atoms with Gasteiger partial charge in [0.25, 0.3) is 0 Å². The smallest absolute Gasteiger partial charge is 0.124 e. The van der Waals surface area contributed by atoms with Gasteiger partial charge in [-0.15, -0.1) is 0 Å². The maximum absolute atomic E-state index is 7.67. The van der Waals surface area contributed by atoms with Crippen LogP contribution in [-0.4, -0.2) is 6.61 Å². The molecule has 0 saturated heterocycles. The Morgan fingerprint density at radius 2 is 2.18 bits per heavy atom. The third kappa shape index (κ3) is 1.10. The van der Waals surface area contributed by atoms with E-state index in [0.29, 0.717) is 6.61 Å². The number of hydrogen-bond donors (Lipinski definition) is 0. The van der Waals surface area contributed by atoms with Crippen molar-refractivity contribution in [2.75, 3.05) is 6.61 Å². The van der Waals surface area contributed by atoms with Crippen LogP contribution in [0, 0.1) is 0 Å². The van der Waals surface area contributed by atoms with Crippen LogP contribution in [-0.2, 0) is 0 Å². The largest absolute Gasteiger partial charge is 0.493 e. The standard InChI is InChI=1S/C9H10NO/c10-8-5-6-11-9-4-2-1-3-7(8)9/h1-4,8,10H,5-6H2/t8-/m1/s1. The molecule has 11 heavy (non-hydrogen) atoms. The second kappa shape index (κ2) is 2.55. The molecule has 1 aromatic rings. The molecule has 1 heterocycles. The van der Waals surface area contributed by atoms with E-state index >= 15 is 0 Å². The van der Waals surface area contributed by atoms with Gasteiger partial charge in [-0.05, 0) is 6.07 Å². The molecule has 0 amide bonds. The summed E-state index contributed by atoms with van der Waals surface area (Å²) in [5, 5.41) is 0. The Hall–Kier alpha value is -1.02. The third-order valence-electron chi connectivity index (χ3n) is 1.96. The molecule has 0 saturated carbocycles. The van der Waals surface area contributed by atoms with Crippen LogP contribution in [0.3, 0.4) is 0 Å². The Bertz CT molecular complexity index is 259. The summed E-state index contributed by atoms with van der Waals surface area (Å²) in [6, 6.07) is 7.70. The maximum Gasteiger partial charge on any atom is 0.124 e. The SMILES string of the molecule is [NH][C@@H]1CCOc2ccccc21. The number of nitrogens with one attached hydrogen (secondary N) is 1. The van der Waals surface area contributed by atoms with Crippen LogP contribution in [0.25, 0.3) is 0 Å². The first-order chi connectivity index (χ1) is 5.38. The number of benzene rings is 1. The van der Waals surface area contributed by atoms with Crippen LogP contribution in [0.1, 0.15) is 18.0 Å². The second-order valence-corrected chi connectivity index (χ2v) is 2.73. The van der Waals surface area contributed by atoms with Gasteiger partial charge in [-0.1, -0.05) is 18.2 Å². The molecular formula is C9H10NO. The van der Waals surface area contributed by atoms with E-state index in [9.17, 15) is 0 Å². The first kappa shape index (κ1) is 6.68. The molecule has 1 atom stereocenters. The summed E-state index contributed by atoms with van der Waals surface area (Å²) in [6.07, 6.45) is 0.816. The highest BCUT2D eigenvalue weighted by Crippen LogP contribution is 2.30. The summed E-state index contributed by atoms with van der Waals surface area (Å²) in [6.45, 7) is 0.686. The molecule has 1 aliphatic heterocycles. The van der Waals surface area contributed by atoms with Crippen LogP contribution >= 0.6 is 0 Å². The lowest BCUT2D eigenvalue weighted by Crippen LogP contribution is -2.14. The molecule has 1 aromatic carbocycles. The molecule has 57 valence electrons. The van der Waals surface area contributed by atoms with Gasteiger partial charge in [-0.3, -0.25) is 0 Å². The normalized spacial score (nSPS) is 22.1. The summed E-state index contributed by atoms with van der Waals surface area (Å²) < 4.78 is 5.37. The molecule has 2 rings (SSSR count). The predicted octanol–water partition coefficient (Wildman–Crippen LogP) is 1.79. The second-order valence-electron chi connectivity index (χ2n) is 2.73. The lowest BCUT2D eigenvalue weighted by Gasteiger charge is -2.21. The Balaban J connectivity index is 2.44. The van der Waals surface area contributed by atoms with Gasteiger partial charge < -0.3 is 4.74 Å². The minimum absolute atomic E-state index is 0.0834. The van der Waals surface area contributed by atoms with Gasteiger partial charge in [-0.2, -0.15) is 0 Å². The van der Waals surface area contributed by atoms with Gasteiger partial charge >= 0.3 is 0 Å². The van der Waals surface area contributed by atoms with Gasteiger partial charge in [-0.25, -0.2) is 5.73 Å². The first-order valence-electron chi connectivity index (χ1n) is 3.81. The summed E-state index contributed by atoms with van der Waals surface area (Å²) in [7, 11) is 0. The van der Waals surface area contributed by atoms with Crippen LogP contribution in [0.4, 0.5) is 0 Å². The quantitative estimate of drug-likeness (QED) is 0.552. The predicted molar refractivity (Wildman–Crippen MR) is 42.4 cm³/mol. The minimum atomic E-state index is -0.0834. The molecule has 0 spiro atoms. The van der Waals surface area contributed by atoms with Crippen molar-refractivity contribution in [1.82, 2.24) is 5.73 Å². The van der Waals surface area contributed by atoms with Crippen molar-refractivity contribution in [3.8, 4) is 5.75 Å². The van der Waals surface area contributed by atoms with E-state index < -0.39 is 0 Å². The Labute approximate surface area is 66.0 Å². The van der Waals surface area contributed by atoms with Crippen molar-refractivity contribution in [1.29, 1.82) is 0 Å². The van der Waals surface area contributed by atoms with E-state index in [1.54, 1.807) is 0 Å². The van der Waals surface area contributed by atoms with Crippen LogP contribution in [0.2, 0.25) is 0 Å². The average molecular weight is 148 g/mol. The van der Waals surface area contributed by atoms with Crippen molar-refractivity contribution in [3.05, 3.63) is 29.8 Å². The summed E-state index contributed by atoms with van der Waals surface area (Å²) in [5.74, 6) is 0.888. The molecule has 1 N–H and O–H groups in total. The maximum atomic E-state index is 7.67. The zero-order valence-corrected chi connectivity index (χ0v) is 6.21. The lowest BCUT2D eigenvalue weighted by atomic mass is 10.0. The summed E-state index contributed by atoms with van der Waals surface area (Å²) in [5.41, 5.74) is 8.70. The van der Waals surface area contributed by atoms with Gasteiger partial charge in [0, 0.05) is 12.0 Å². The van der Waals surface area contributed by atoms with Gasteiger partial charge in [0.15, 0.2) is 0 Å².